The van der Waals surface area contributed by atoms with E-state index in [1.54, 1.807) is 17.3 Å². The molecule has 144 valence electrons. The van der Waals surface area contributed by atoms with Gasteiger partial charge in [-0.1, -0.05) is 37.6 Å². The number of amides is 2. The zero-order valence-corrected chi connectivity index (χ0v) is 16.3. The van der Waals surface area contributed by atoms with Gasteiger partial charge in [0.15, 0.2) is 0 Å². The number of nitrogens with zero attached hydrogens (tertiary/aromatic N) is 2. The molecular formula is C19H23ClN4O3. The van der Waals surface area contributed by atoms with E-state index in [-0.39, 0.29) is 18.0 Å². The second-order valence-corrected chi connectivity index (χ2v) is 7.30. The number of carbonyl (C=O) groups excluding carboxylic acids is 2. The summed E-state index contributed by atoms with van der Waals surface area (Å²) in [6, 6.07) is 5.94. The number of fused-ring (bicyclic) bond motifs is 1. The summed E-state index contributed by atoms with van der Waals surface area (Å²) in [6.07, 6.45) is 2.29. The van der Waals surface area contributed by atoms with Crippen molar-refractivity contribution in [2.75, 3.05) is 13.7 Å². The molecule has 0 radical (unpaired) electrons. The van der Waals surface area contributed by atoms with Crippen LogP contribution in [0.3, 0.4) is 0 Å². The Balaban J connectivity index is 1.93. The summed E-state index contributed by atoms with van der Waals surface area (Å²) in [6.45, 7) is 4.21. The highest BCUT2D eigenvalue weighted by molar-refractivity contribution is 6.30. The molecule has 0 spiro atoms. The zero-order chi connectivity index (χ0) is 19.6. The lowest BCUT2D eigenvalue weighted by molar-refractivity contribution is -0.144. The Morgan fingerprint density at radius 1 is 1.41 bits per heavy atom. The molecule has 0 fully saturated rings. The largest absolute Gasteiger partial charge is 0.467 e. The van der Waals surface area contributed by atoms with E-state index in [1.807, 2.05) is 32.0 Å². The molecular weight excluding hydrogens is 368 g/mol. The molecule has 2 N–H and O–H groups in total. The van der Waals surface area contributed by atoms with Crippen molar-refractivity contribution in [2.45, 2.75) is 32.4 Å². The van der Waals surface area contributed by atoms with Crippen molar-refractivity contribution >= 4 is 23.6 Å². The number of esters is 1. The van der Waals surface area contributed by atoms with Crippen LogP contribution in [0.4, 0.5) is 4.79 Å². The summed E-state index contributed by atoms with van der Waals surface area (Å²) in [5.74, 6) is -0.563. The maximum atomic E-state index is 13.1. The second-order valence-electron chi connectivity index (χ2n) is 6.86. The molecule has 2 heterocycles. The molecule has 3 rings (SSSR count). The molecule has 1 aromatic carbocycles. The van der Waals surface area contributed by atoms with Gasteiger partial charge in [0.05, 0.1) is 19.1 Å². The minimum atomic E-state index is -0.719. The predicted octanol–water partition coefficient (Wildman–Crippen LogP) is 2.92. The Kier molecular flexibility index (Phi) is 5.70. The molecule has 1 aliphatic rings. The number of methoxy groups -OCH3 is 1. The molecule has 2 aromatic rings. The number of hydrogen-bond acceptors (Lipinski definition) is 4. The number of H-pyrrole nitrogens is 1. The third kappa shape index (κ3) is 3.93. The van der Waals surface area contributed by atoms with Gasteiger partial charge in [-0.2, -0.15) is 0 Å². The number of halogens is 1. The highest BCUT2D eigenvalue weighted by Crippen LogP contribution is 2.34. The van der Waals surface area contributed by atoms with Gasteiger partial charge in [0.25, 0.3) is 0 Å². The van der Waals surface area contributed by atoms with Crippen LogP contribution >= 0.6 is 11.6 Å². The number of rotatable bonds is 4. The number of carbonyl (C=O) groups is 2. The quantitative estimate of drug-likeness (QED) is 0.786. The first-order valence-corrected chi connectivity index (χ1v) is 9.22. The van der Waals surface area contributed by atoms with Gasteiger partial charge in [0.2, 0.25) is 0 Å². The summed E-state index contributed by atoms with van der Waals surface area (Å²) >= 11 is 6.17. The van der Waals surface area contributed by atoms with Crippen LogP contribution in [0.2, 0.25) is 5.02 Å². The van der Waals surface area contributed by atoms with Crippen LogP contribution in [-0.2, 0) is 16.0 Å². The van der Waals surface area contributed by atoms with Crippen molar-refractivity contribution in [3.8, 4) is 0 Å². The first kappa shape index (κ1) is 19.2. The van der Waals surface area contributed by atoms with E-state index in [1.165, 1.54) is 7.11 Å². The Hall–Kier alpha value is -2.54. The minimum absolute atomic E-state index is 0.100. The van der Waals surface area contributed by atoms with Gasteiger partial charge < -0.3 is 19.9 Å². The summed E-state index contributed by atoms with van der Waals surface area (Å²) < 4.78 is 4.83. The molecule has 1 aliphatic heterocycles. The summed E-state index contributed by atoms with van der Waals surface area (Å²) in [5.41, 5.74) is 2.65. The van der Waals surface area contributed by atoms with Crippen molar-refractivity contribution in [3.05, 3.63) is 52.6 Å². The number of benzene rings is 1. The highest BCUT2D eigenvalue weighted by atomic mass is 35.5. The predicted molar refractivity (Wildman–Crippen MR) is 101 cm³/mol. The lowest BCUT2D eigenvalue weighted by Crippen LogP contribution is -2.53. The molecule has 0 unspecified atom stereocenters. The maximum Gasteiger partial charge on any atom is 0.328 e. The Labute approximate surface area is 163 Å². The maximum absolute atomic E-state index is 13.1. The fourth-order valence-corrected chi connectivity index (χ4v) is 3.55. The Morgan fingerprint density at radius 3 is 2.85 bits per heavy atom. The molecule has 7 nitrogen and oxygen atoms in total. The number of nitrogens with one attached hydrogen (secondary N) is 2. The number of imidazole rings is 1. The SMILES string of the molecule is COC(=O)[C@H](NC(=O)N1CCc2[nH]cnc2[C@H]1c1cccc(Cl)c1)C(C)C. The number of hydrogen-bond donors (Lipinski definition) is 2. The lowest BCUT2D eigenvalue weighted by Gasteiger charge is -2.36. The molecule has 2 amide bonds. The lowest BCUT2D eigenvalue weighted by atomic mass is 9.96. The van der Waals surface area contributed by atoms with Crippen LogP contribution in [0.5, 0.6) is 0 Å². The van der Waals surface area contributed by atoms with E-state index in [0.29, 0.717) is 18.0 Å². The van der Waals surface area contributed by atoms with Crippen LogP contribution in [0.25, 0.3) is 0 Å². The molecule has 27 heavy (non-hydrogen) atoms. The first-order chi connectivity index (χ1) is 12.9. The second kappa shape index (κ2) is 8.00. The molecule has 0 bridgehead atoms. The third-order valence-corrected chi connectivity index (χ3v) is 4.99. The highest BCUT2D eigenvalue weighted by Gasteiger charge is 2.36. The van der Waals surface area contributed by atoms with Crippen LogP contribution in [-0.4, -0.2) is 46.6 Å². The molecule has 0 aliphatic carbocycles. The van der Waals surface area contributed by atoms with Gasteiger partial charge in [-0.3, -0.25) is 0 Å². The van der Waals surface area contributed by atoms with Gasteiger partial charge >= 0.3 is 12.0 Å². The van der Waals surface area contributed by atoms with Crippen LogP contribution < -0.4 is 5.32 Å². The molecule has 8 heteroatoms. The summed E-state index contributed by atoms with van der Waals surface area (Å²) in [5, 5.41) is 3.40. The number of urea groups is 1. The fourth-order valence-electron chi connectivity index (χ4n) is 3.35. The van der Waals surface area contributed by atoms with E-state index < -0.39 is 12.0 Å². The number of aromatic amines is 1. The smallest absolute Gasteiger partial charge is 0.328 e. The molecule has 1 aromatic heterocycles. The van der Waals surface area contributed by atoms with Crippen LogP contribution in [0.1, 0.15) is 36.8 Å². The number of aromatic nitrogens is 2. The van der Waals surface area contributed by atoms with Gasteiger partial charge in [-0.15, -0.1) is 0 Å². The van der Waals surface area contributed by atoms with E-state index in [4.69, 9.17) is 16.3 Å². The Bertz CT molecular complexity index is 836. The van der Waals surface area contributed by atoms with E-state index in [0.717, 1.165) is 17.0 Å². The number of ether oxygens (including phenoxy) is 1. The van der Waals surface area contributed by atoms with Crippen molar-refractivity contribution in [3.63, 3.8) is 0 Å². The van der Waals surface area contributed by atoms with E-state index >= 15 is 0 Å². The topological polar surface area (TPSA) is 87.3 Å². The van der Waals surface area contributed by atoms with Crippen molar-refractivity contribution in [1.29, 1.82) is 0 Å². The average Bonchev–Trinajstić information content (AvgIpc) is 3.12. The first-order valence-electron chi connectivity index (χ1n) is 8.85. The fraction of sp³-hybridized carbons (Fsp3) is 0.421. The van der Waals surface area contributed by atoms with E-state index in [9.17, 15) is 9.59 Å². The van der Waals surface area contributed by atoms with Crippen LogP contribution in [0, 0.1) is 5.92 Å². The van der Waals surface area contributed by atoms with Gasteiger partial charge in [0, 0.05) is 23.7 Å². The monoisotopic (exact) mass is 390 g/mol. The van der Waals surface area contributed by atoms with Crippen molar-refractivity contribution < 1.29 is 14.3 Å². The Morgan fingerprint density at radius 2 is 2.19 bits per heavy atom. The average molecular weight is 391 g/mol. The van der Waals surface area contributed by atoms with Crippen molar-refractivity contribution in [2.24, 2.45) is 5.92 Å². The van der Waals surface area contributed by atoms with Crippen LogP contribution in [0.15, 0.2) is 30.6 Å². The normalized spacial score (nSPS) is 17.4. The third-order valence-electron chi connectivity index (χ3n) is 4.75. The molecule has 0 saturated heterocycles. The van der Waals surface area contributed by atoms with Gasteiger partial charge in [-0.25, -0.2) is 14.6 Å². The molecule has 0 saturated carbocycles. The summed E-state index contributed by atoms with van der Waals surface area (Å²) in [7, 11) is 1.32. The van der Waals surface area contributed by atoms with Gasteiger partial charge in [0.1, 0.15) is 12.1 Å². The zero-order valence-electron chi connectivity index (χ0n) is 15.5. The molecule has 2 atom stereocenters. The van der Waals surface area contributed by atoms with E-state index in [2.05, 4.69) is 15.3 Å². The minimum Gasteiger partial charge on any atom is -0.467 e. The summed E-state index contributed by atoms with van der Waals surface area (Å²) in [4.78, 5) is 34.4. The standard InChI is InChI=1S/C19H23ClN4O3/c1-11(2)15(18(25)27-3)23-19(26)24-8-7-14-16(22-10-21-14)17(24)12-5-4-6-13(20)9-12/h4-6,9-11,15,17H,7-8H2,1-3H3,(H,21,22)(H,23,26)/t15-,17-/m1/s1. The van der Waals surface area contributed by atoms with Crippen molar-refractivity contribution in [1.82, 2.24) is 20.2 Å². The van der Waals surface area contributed by atoms with Gasteiger partial charge in [-0.05, 0) is 23.6 Å².